The van der Waals surface area contributed by atoms with Gasteiger partial charge < -0.3 is 16.0 Å². The maximum Gasteiger partial charge on any atom is 0.313 e. The summed E-state index contributed by atoms with van der Waals surface area (Å²) in [5, 5.41) is 2.45. The second-order valence-corrected chi connectivity index (χ2v) is 7.40. The van der Waals surface area contributed by atoms with Gasteiger partial charge >= 0.3 is 11.8 Å². The number of primary amides is 1. The van der Waals surface area contributed by atoms with Crippen molar-refractivity contribution in [2.75, 3.05) is 11.9 Å². The van der Waals surface area contributed by atoms with Gasteiger partial charge in [-0.25, -0.2) is 8.78 Å². The average molecular weight is 416 g/mol. The quantitative estimate of drug-likeness (QED) is 0.747. The first-order valence-electron chi connectivity index (χ1n) is 9.51. The zero-order chi connectivity index (χ0) is 21.8. The van der Waals surface area contributed by atoms with E-state index in [-0.39, 0.29) is 28.8 Å². The van der Waals surface area contributed by atoms with Crippen LogP contribution in [0.1, 0.15) is 53.7 Å². The second-order valence-electron chi connectivity index (χ2n) is 7.40. The lowest BCUT2D eigenvalue weighted by molar-refractivity contribution is -0.146. The molecule has 1 aromatic heterocycles. The molecule has 0 unspecified atom stereocenters. The number of nitrogens with two attached hydrogens (primary N) is 1. The van der Waals surface area contributed by atoms with Crippen molar-refractivity contribution in [3.05, 3.63) is 59.4 Å². The Labute approximate surface area is 172 Å². The largest absolute Gasteiger partial charge is 0.366 e. The minimum Gasteiger partial charge on any atom is -0.366 e. The number of rotatable bonds is 4. The van der Waals surface area contributed by atoms with Gasteiger partial charge in [0.2, 0.25) is 5.91 Å². The number of pyridine rings is 1. The molecule has 2 aromatic rings. The van der Waals surface area contributed by atoms with E-state index in [9.17, 15) is 23.2 Å². The van der Waals surface area contributed by atoms with E-state index in [1.807, 2.05) is 6.92 Å². The number of benzene rings is 1. The lowest BCUT2D eigenvalue weighted by atomic mass is 9.89. The van der Waals surface area contributed by atoms with Gasteiger partial charge in [-0.3, -0.25) is 19.4 Å². The summed E-state index contributed by atoms with van der Waals surface area (Å²) in [6, 6.07) is 6.76. The van der Waals surface area contributed by atoms with E-state index in [0.29, 0.717) is 18.5 Å². The van der Waals surface area contributed by atoms with Crippen LogP contribution in [0.3, 0.4) is 0 Å². The minimum atomic E-state index is -2.57. The van der Waals surface area contributed by atoms with Crippen LogP contribution < -0.4 is 11.1 Å². The van der Waals surface area contributed by atoms with E-state index in [2.05, 4.69) is 10.3 Å². The highest BCUT2D eigenvalue weighted by Crippen LogP contribution is 2.34. The second kappa shape index (κ2) is 8.98. The van der Waals surface area contributed by atoms with Gasteiger partial charge in [0, 0.05) is 18.3 Å². The van der Waals surface area contributed by atoms with Crippen molar-refractivity contribution in [1.82, 2.24) is 9.88 Å². The number of alkyl halides is 2. The number of nitrogens with one attached hydrogen (secondary N) is 1. The monoisotopic (exact) mass is 416 g/mol. The van der Waals surface area contributed by atoms with Gasteiger partial charge in [-0.2, -0.15) is 0 Å². The number of anilines is 1. The fourth-order valence-corrected chi connectivity index (χ4v) is 3.55. The van der Waals surface area contributed by atoms with E-state index in [1.165, 1.54) is 35.5 Å². The Balaban J connectivity index is 1.79. The molecule has 0 radical (unpaired) electrons. The molecule has 0 aliphatic carbocycles. The summed E-state index contributed by atoms with van der Waals surface area (Å²) >= 11 is 0. The molecule has 0 bridgehead atoms. The van der Waals surface area contributed by atoms with Crippen LogP contribution in [-0.2, 0) is 9.59 Å². The van der Waals surface area contributed by atoms with Crippen LogP contribution in [-0.4, -0.2) is 34.2 Å². The minimum absolute atomic E-state index is 0.0969. The first-order valence-corrected chi connectivity index (χ1v) is 9.51. The van der Waals surface area contributed by atoms with Gasteiger partial charge in [0.05, 0.1) is 23.5 Å². The van der Waals surface area contributed by atoms with Crippen molar-refractivity contribution >= 4 is 23.4 Å². The molecule has 158 valence electrons. The molecule has 1 aliphatic rings. The summed E-state index contributed by atoms with van der Waals surface area (Å²) in [6.45, 7) is 2.35. The SMILES string of the molecule is C[C@H]1CC[C@H](c2ccc(C(F)F)cc2)N(C(=O)C(=O)Nc2cncc(C(N)=O)c2)C1. The summed E-state index contributed by atoms with van der Waals surface area (Å²) in [5.74, 6) is -2.13. The van der Waals surface area contributed by atoms with Crippen molar-refractivity contribution in [2.45, 2.75) is 32.2 Å². The summed E-state index contributed by atoms with van der Waals surface area (Å²) in [5.41, 5.74) is 6.08. The van der Waals surface area contributed by atoms with Gasteiger partial charge in [-0.05, 0) is 30.4 Å². The average Bonchev–Trinajstić information content (AvgIpc) is 2.73. The van der Waals surface area contributed by atoms with Gasteiger partial charge in [0.25, 0.3) is 6.43 Å². The van der Waals surface area contributed by atoms with Crippen molar-refractivity contribution < 1.29 is 23.2 Å². The molecule has 0 spiro atoms. The Bertz CT molecular complexity index is 950. The molecule has 2 atom stereocenters. The van der Waals surface area contributed by atoms with Crippen LogP contribution in [0.5, 0.6) is 0 Å². The van der Waals surface area contributed by atoms with Gasteiger partial charge in [0.15, 0.2) is 0 Å². The summed E-state index contributed by atoms with van der Waals surface area (Å²) in [4.78, 5) is 42.0. The molecule has 1 saturated heterocycles. The van der Waals surface area contributed by atoms with Crippen molar-refractivity contribution in [3.8, 4) is 0 Å². The van der Waals surface area contributed by atoms with E-state index in [1.54, 1.807) is 12.1 Å². The zero-order valence-corrected chi connectivity index (χ0v) is 16.3. The summed E-state index contributed by atoms with van der Waals surface area (Å²) in [7, 11) is 0. The molecule has 3 amide bonds. The lowest BCUT2D eigenvalue weighted by Crippen LogP contribution is -2.46. The van der Waals surface area contributed by atoms with Crippen molar-refractivity contribution in [1.29, 1.82) is 0 Å². The van der Waals surface area contributed by atoms with Crippen LogP contribution >= 0.6 is 0 Å². The van der Waals surface area contributed by atoms with Gasteiger partial charge in [-0.15, -0.1) is 0 Å². The standard InChI is InChI=1S/C21H22F2N4O3/c1-12-2-7-17(13-3-5-14(6-4-13)18(22)23)27(11-12)21(30)20(29)26-16-8-15(19(24)28)9-25-10-16/h3-6,8-10,12,17-18H,2,7,11H2,1H3,(H2,24,28)(H,26,29)/t12-,17+/m0/s1. The molecule has 3 rings (SSSR count). The topological polar surface area (TPSA) is 105 Å². The normalized spacial score (nSPS) is 18.9. The molecule has 1 fully saturated rings. The van der Waals surface area contributed by atoms with Crippen LogP contribution in [0, 0.1) is 5.92 Å². The van der Waals surface area contributed by atoms with Gasteiger partial charge in [0.1, 0.15) is 0 Å². The maximum absolute atomic E-state index is 12.9. The Morgan fingerprint density at radius 3 is 2.50 bits per heavy atom. The van der Waals surface area contributed by atoms with E-state index in [0.717, 1.165) is 6.42 Å². The van der Waals surface area contributed by atoms with Crippen molar-refractivity contribution in [2.24, 2.45) is 11.7 Å². The van der Waals surface area contributed by atoms with Crippen LogP contribution in [0.2, 0.25) is 0 Å². The number of hydrogen-bond acceptors (Lipinski definition) is 4. The first-order chi connectivity index (χ1) is 14.3. The number of amides is 3. The zero-order valence-electron chi connectivity index (χ0n) is 16.3. The molecule has 30 heavy (non-hydrogen) atoms. The summed E-state index contributed by atoms with van der Waals surface area (Å²) in [6.07, 6.45) is 1.45. The van der Waals surface area contributed by atoms with Crippen LogP contribution in [0.15, 0.2) is 42.7 Å². The fraction of sp³-hybridized carbons (Fsp3) is 0.333. The van der Waals surface area contributed by atoms with E-state index in [4.69, 9.17) is 5.73 Å². The molecule has 2 heterocycles. The highest BCUT2D eigenvalue weighted by atomic mass is 19.3. The summed E-state index contributed by atoms with van der Waals surface area (Å²) < 4.78 is 25.7. The van der Waals surface area contributed by atoms with E-state index < -0.39 is 24.1 Å². The molecule has 1 aromatic carbocycles. The third-order valence-corrected chi connectivity index (χ3v) is 5.13. The Hall–Kier alpha value is -3.36. The predicted octanol–water partition coefficient (Wildman–Crippen LogP) is 3.06. The lowest BCUT2D eigenvalue weighted by Gasteiger charge is -2.38. The van der Waals surface area contributed by atoms with E-state index >= 15 is 0 Å². The Morgan fingerprint density at radius 2 is 1.87 bits per heavy atom. The number of likely N-dealkylation sites (tertiary alicyclic amines) is 1. The number of carbonyl (C=O) groups excluding carboxylic acids is 3. The molecule has 3 N–H and O–H groups in total. The molecule has 7 nitrogen and oxygen atoms in total. The Morgan fingerprint density at radius 1 is 1.17 bits per heavy atom. The molecular weight excluding hydrogens is 394 g/mol. The first kappa shape index (κ1) is 21.4. The number of piperidine rings is 1. The third kappa shape index (κ3) is 4.79. The highest BCUT2D eigenvalue weighted by molar-refractivity contribution is 6.39. The number of aromatic nitrogens is 1. The number of nitrogens with zero attached hydrogens (tertiary/aromatic N) is 2. The molecule has 0 saturated carbocycles. The number of hydrogen-bond donors (Lipinski definition) is 2. The van der Waals surface area contributed by atoms with Crippen molar-refractivity contribution in [3.63, 3.8) is 0 Å². The van der Waals surface area contributed by atoms with Gasteiger partial charge in [-0.1, -0.05) is 31.2 Å². The molecule has 1 aliphatic heterocycles. The van der Waals surface area contributed by atoms with Crippen LogP contribution in [0.25, 0.3) is 0 Å². The molecule has 9 heteroatoms. The Kier molecular flexibility index (Phi) is 6.39. The number of carbonyl (C=O) groups is 3. The number of halogens is 2. The third-order valence-electron chi connectivity index (χ3n) is 5.13. The molecular formula is C21H22F2N4O3. The predicted molar refractivity (Wildman–Crippen MR) is 106 cm³/mol. The van der Waals surface area contributed by atoms with Crippen LogP contribution in [0.4, 0.5) is 14.5 Å². The highest BCUT2D eigenvalue weighted by Gasteiger charge is 2.34. The maximum atomic E-state index is 12.9. The smallest absolute Gasteiger partial charge is 0.313 e. The fourth-order valence-electron chi connectivity index (χ4n) is 3.55.